The van der Waals surface area contributed by atoms with Crippen LogP contribution in [-0.4, -0.2) is 42.3 Å². The lowest BCUT2D eigenvalue weighted by atomic mass is 10.2. The molecule has 116 valence electrons. The fraction of sp³-hybridized carbons (Fsp3) is 0.643. The molecule has 6 nitrogen and oxygen atoms in total. The summed E-state index contributed by atoms with van der Waals surface area (Å²) in [6.45, 7) is 9.35. The number of hydrogen-bond acceptors (Lipinski definition) is 4. The summed E-state index contributed by atoms with van der Waals surface area (Å²) in [5, 5.41) is 5.54. The molecule has 1 aromatic rings. The van der Waals surface area contributed by atoms with Crippen LogP contribution in [-0.2, 0) is 9.59 Å². The van der Waals surface area contributed by atoms with Gasteiger partial charge in [-0.3, -0.25) is 4.79 Å². The molecule has 0 aliphatic carbocycles. The fourth-order valence-corrected chi connectivity index (χ4v) is 1.04. The summed E-state index contributed by atoms with van der Waals surface area (Å²) in [5.41, 5.74) is 1.11. The summed E-state index contributed by atoms with van der Waals surface area (Å²) in [4.78, 5) is 26.4. The van der Waals surface area contributed by atoms with E-state index in [2.05, 4.69) is 34.4 Å². The van der Waals surface area contributed by atoms with Crippen LogP contribution in [0.15, 0.2) is 12.5 Å². The topological polar surface area (TPSA) is 86.9 Å². The number of aromatic nitrogens is 2. The second-order valence-electron chi connectivity index (χ2n) is 4.62. The summed E-state index contributed by atoms with van der Waals surface area (Å²) in [5.74, 6) is 0.696. The summed E-state index contributed by atoms with van der Waals surface area (Å²) in [6, 6.07) is 0. The van der Waals surface area contributed by atoms with Crippen molar-refractivity contribution in [1.29, 1.82) is 0 Å². The van der Waals surface area contributed by atoms with Gasteiger partial charge in [0, 0.05) is 31.8 Å². The van der Waals surface area contributed by atoms with Gasteiger partial charge in [-0.2, -0.15) is 0 Å². The lowest BCUT2D eigenvalue weighted by Gasteiger charge is -1.98. The van der Waals surface area contributed by atoms with Crippen molar-refractivity contribution in [3.05, 3.63) is 18.2 Å². The van der Waals surface area contributed by atoms with E-state index in [4.69, 9.17) is 0 Å². The highest BCUT2D eigenvalue weighted by molar-refractivity contribution is 5.73. The van der Waals surface area contributed by atoms with E-state index in [1.165, 1.54) is 6.92 Å². The van der Waals surface area contributed by atoms with Gasteiger partial charge in [-0.15, -0.1) is 0 Å². The lowest BCUT2D eigenvalue weighted by Crippen LogP contribution is -2.20. The van der Waals surface area contributed by atoms with Gasteiger partial charge in [0.2, 0.25) is 5.91 Å². The zero-order valence-corrected chi connectivity index (χ0v) is 13.2. The van der Waals surface area contributed by atoms with E-state index >= 15 is 0 Å². The smallest absolute Gasteiger partial charge is 0.216 e. The highest BCUT2D eigenvalue weighted by atomic mass is 16.1. The van der Waals surface area contributed by atoms with Crippen LogP contribution in [0.4, 0.5) is 0 Å². The molecule has 0 saturated carbocycles. The molecule has 3 N–H and O–H groups in total. The van der Waals surface area contributed by atoms with Gasteiger partial charge in [0.05, 0.1) is 6.33 Å². The molecule has 1 rings (SSSR count). The number of nitrogens with zero attached hydrogens (tertiary/aromatic N) is 1. The van der Waals surface area contributed by atoms with Gasteiger partial charge in [-0.1, -0.05) is 13.8 Å². The van der Waals surface area contributed by atoms with E-state index in [9.17, 15) is 9.59 Å². The van der Waals surface area contributed by atoms with Crippen molar-refractivity contribution < 1.29 is 9.59 Å². The minimum Gasteiger partial charge on any atom is -0.356 e. The number of aldehydes is 1. The molecule has 0 unspecified atom stereocenters. The Morgan fingerprint density at radius 2 is 2.15 bits per heavy atom. The molecule has 0 atom stereocenters. The van der Waals surface area contributed by atoms with Crippen molar-refractivity contribution in [3.8, 4) is 0 Å². The van der Waals surface area contributed by atoms with Gasteiger partial charge in [0.25, 0.3) is 0 Å². The number of aryl methyl sites for hydroxylation is 1. The third-order valence-electron chi connectivity index (χ3n) is 1.88. The van der Waals surface area contributed by atoms with Crippen molar-refractivity contribution in [1.82, 2.24) is 20.6 Å². The second-order valence-corrected chi connectivity index (χ2v) is 4.62. The van der Waals surface area contributed by atoms with Crippen molar-refractivity contribution in [2.75, 3.05) is 20.1 Å². The Kier molecular flexibility index (Phi) is 15.8. The van der Waals surface area contributed by atoms with Gasteiger partial charge < -0.3 is 20.4 Å². The van der Waals surface area contributed by atoms with Crippen LogP contribution in [0.3, 0.4) is 0 Å². The molecule has 20 heavy (non-hydrogen) atoms. The Bertz CT molecular complexity index is 324. The van der Waals surface area contributed by atoms with Crippen LogP contribution >= 0.6 is 0 Å². The fourth-order valence-electron chi connectivity index (χ4n) is 1.04. The molecule has 0 saturated heterocycles. The monoisotopic (exact) mass is 284 g/mol. The van der Waals surface area contributed by atoms with E-state index in [-0.39, 0.29) is 5.91 Å². The molecular weight excluding hydrogens is 256 g/mol. The van der Waals surface area contributed by atoms with Crippen molar-refractivity contribution in [2.24, 2.45) is 5.92 Å². The first-order valence-corrected chi connectivity index (χ1v) is 6.71. The lowest BCUT2D eigenvalue weighted by molar-refractivity contribution is -0.119. The van der Waals surface area contributed by atoms with Gasteiger partial charge in [0.15, 0.2) is 0 Å². The van der Waals surface area contributed by atoms with E-state index in [0.29, 0.717) is 13.0 Å². The van der Waals surface area contributed by atoms with Crippen LogP contribution in [0.5, 0.6) is 0 Å². The third kappa shape index (κ3) is 21.6. The number of hydrogen-bond donors (Lipinski definition) is 3. The molecule has 0 bridgehead atoms. The Morgan fingerprint density at radius 1 is 1.50 bits per heavy atom. The molecule has 1 amide bonds. The number of carbonyl (C=O) groups is 2. The van der Waals surface area contributed by atoms with E-state index in [1.807, 2.05) is 14.0 Å². The molecule has 0 aliphatic rings. The number of H-pyrrole nitrogens is 1. The minimum absolute atomic E-state index is 0.0909. The van der Waals surface area contributed by atoms with E-state index < -0.39 is 0 Å². The maximum Gasteiger partial charge on any atom is 0.216 e. The second kappa shape index (κ2) is 15.4. The van der Waals surface area contributed by atoms with Crippen LogP contribution in [0.2, 0.25) is 0 Å². The molecule has 0 spiro atoms. The summed E-state index contributed by atoms with van der Waals surface area (Å²) in [6.07, 6.45) is 4.62. The largest absolute Gasteiger partial charge is 0.356 e. The summed E-state index contributed by atoms with van der Waals surface area (Å²) < 4.78 is 0. The quantitative estimate of drug-likeness (QED) is 0.562. The Balaban J connectivity index is 0. The highest BCUT2D eigenvalue weighted by Gasteiger charge is 1.86. The number of imidazole rings is 1. The van der Waals surface area contributed by atoms with Crippen molar-refractivity contribution >= 4 is 12.2 Å². The van der Waals surface area contributed by atoms with Gasteiger partial charge in [0.1, 0.15) is 6.29 Å². The first kappa shape index (κ1) is 20.6. The first-order chi connectivity index (χ1) is 9.43. The predicted molar refractivity (Wildman–Crippen MR) is 81.5 cm³/mol. The molecule has 0 fully saturated rings. The van der Waals surface area contributed by atoms with Crippen molar-refractivity contribution in [3.63, 3.8) is 0 Å². The Hall–Kier alpha value is -1.69. The standard InChI is InChI=1S/C5H9NO2.C5H13N.C4H6N2/c1-5(8)6-3-2-4-7;1-5(2)4-6-3;1-4-2-5-3-6-4/h4H,2-3H2,1H3,(H,6,8);5-6H,4H2,1-3H3;2-3H,1H3,(H,5,6). The van der Waals surface area contributed by atoms with Gasteiger partial charge in [-0.05, 0) is 26.4 Å². The van der Waals surface area contributed by atoms with Crippen LogP contribution in [0.1, 0.15) is 32.9 Å². The van der Waals surface area contributed by atoms with E-state index in [1.54, 1.807) is 12.5 Å². The number of amides is 1. The van der Waals surface area contributed by atoms with Crippen LogP contribution in [0, 0.1) is 12.8 Å². The number of nitrogens with one attached hydrogen (secondary N) is 3. The van der Waals surface area contributed by atoms with Gasteiger partial charge >= 0.3 is 0 Å². The third-order valence-corrected chi connectivity index (χ3v) is 1.88. The zero-order valence-electron chi connectivity index (χ0n) is 13.2. The maximum absolute atomic E-state index is 10.1. The molecule has 1 aromatic heterocycles. The number of aromatic amines is 1. The first-order valence-electron chi connectivity index (χ1n) is 6.71. The molecular formula is C14H28N4O2. The molecule has 6 heteroatoms. The normalized spacial score (nSPS) is 8.90. The molecule has 1 heterocycles. The van der Waals surface area contributed by atoms with Gasteiger partial charge in [-0.25, -0.2) is 4.98 Å². The minimum atomic E-state index is -0.0909. The van der Waals surface area contributed by atoms with Crippen molar-refractivity contribution in [2.45, 2.75) is 34.1 Å². The zero-order chi connectivity index (χ0) is 15.8. The average Bonchev–Trinajstić information content (AvgIpc) is 2.81. The van der Waals surface area contributed by atoms with E-state index in [0.717, 1.165) is 24.4 Å². The van der Waals surface area contributed by atoms with Crippen LogP contribution in [0.25, 0.3) is 0 Å². The predicted octanol–water partition coefficient (Wildman–Crippen LogP) is 1.29. The highest BCUT2D eigenvalue weighted by Crippen LogP contribution is 1.83. The molecule has 0 aromatic carbocycles. The Labute approximate surface area is 121 Å². The summed E-state index contributed by atoms with van der Waals surface area (Å²) in [7, 11) is 1.97. The number of carbonyl (C=O) groups excluding carboxylic acids is 2. The summed E-state index contributed by atoms with van der Waals surface area (Å²) >= 11 is 0. The van der Waals surface area contributed by atoms with Crippen LogP contribution < -0.4 is 10.6 Å². The number of rotatable bonds is 5. The average molecular weight is 284 g/mol. The SMILES string of the molecule is CC(=O)NCCC=O.CNCC(C)C.Cc1cnc[nH]1. The maximum atomic E-state index is 10.1. The molecule has 0 radical (unpaired) electrons. The molecule has 0 aliphatic heterocycles. The Morgan fingerprint density at radius 3 is 2.35 bits per heavy atom.